The number of benzene rings is 2. The van der Waals surface area contributed by atoms with Crippen LogP contribution in [0.25, 0.3) is 0 Å². The third-order valence-corrected chi connectivity index (χ3v) is 4.53. The van der Waals surface area contributed by atoms with Crippen molar-refractivity contribution in [3.8, 4) is 0 Å². The maximum absolute atomic E-state index is 12.7. The van der Waals surface area contributed by atoms with E-state index in [2.05, 4.69) is 0 Å². The highest BCUT2D eigenvalue weighted by Gasteiger charge is 2.22. The molecular formula is C16H14ClNO3S. The van der Waals surface area contributed by atoms with Crippen LogP contribution in [0.1, 0.15) is 27.0 Å². The van der Waals surface area contributed by atoms with Crippen molar-refractivity contribution in [3.05, 3.63) is 58.7 Å². The van der Waals surface area contributed by atoms with Gasteiger partial charge in [-0.15, -0.1) is 24.2 Å². The van der Waals surface area contributed by atoms with E-state index in [1.54, 1.807) is 36.0 Å². The van der Waals surface area contributed by atoms with Crippen LogP contribution in [0.2, 0.25) is 0 Å². The average molecular weight is 336 g/mol. The molecule has 22 heavy (non-hydrogen) atoms. The minimum atomic E-state index is -0.909. The summed E-state index contributed by atoms with van der Waals surface area (Å²) in [6.07, 6.45) is -0.0883. The van der Waals surface area contributed by atoms with E-state index in [9.17, 15) is 9.59 Å². The van der Waals surface area contributed by atoms with Gasteiger partial charge in [-0.05, 0) is 35.4 Å². The summed E-state index contributed by atoms with van der Waals surface area (Å²) in [5.74, 6) is -0.301. The lowest BCUT2D eigenvalue weighted by molar-refractivity contribution is -0.136. The molecule has 6 heteroatoms. The maximum Gasteiger partial charge on any atom is 0.307 e. The molecular weight excluding hydrogens is 322 g/mol. The zero-order chi connectivity index (χ0) is 15.0. The molecule has 0 spiro atoms. The molecule has 2 aromatic carbocycles. The highest BCUT2D eigenvalue weighted by atomic mass is 35.5. The lowest BCUT2D eigenvalue weighted by Gasteiger charge is -2.07. The molecule has 0 unspecified atom stereocenters. The predicted molar refractivity (Wildman–Crippen MR) is 88.9 cm³/mol. The number of carbonyl (C=O) groups excluding carboxylic acids is 1. The minimum Gasteiger partial charge on any atom is -0.481 e. The Morgan fingerprint density at radius 3 is 2.68 bits per heavy atom. The molecule has 1 aliphatic rings. The normalized spacial score (nSPS) is 12.6. The second kappa shape index (κ2) is 6.42. The van der Waals surface area contributed by atoms with Crippen molar-refractivity contribution >= 4 is 41.6 Å². The summed E-state index contributed by atoms with van der Waals surface area (Å²) in [5.41, 5.74) is 9.07. The number of thioether (sulfide) groups is 1. The molecule has 1 aliphatic heterocycles. The Bertz CT molecular complexity index is 761. The van der Waals surface area contributed by atoms with Gasteiger partial charge < -0.3 is 10.8 Å². The topological polar surface area (TPSA) is 80.4 Å². The zero-order valence-electron chi connectivity index (χ0n) is 11.5. The smallest absolute Gasteiger partial charge is 0.307 e. The van der Waals surface area contributed by atoms with Crippen LogP contribution in [0.15, 0.2) is 41.3 Å². The molecule has 0 radical (unpaired) electrons. The quantitative estimate of drug-likeness (QED) is 0.824. The fraction of sp³-hybridized carbons (Fsp3) is 0.125. The fourth-order valence-corrected chi connectivity index (χ4v) is 3.43. The van der Waals surface area contributed by atoms with Gasteiger partial charge in [-0.1, -0.05) is 12.1 Å². The van der Waals surface area contributed by atoms with E-state index < -0.39 is 5.97 Å². The molecule has 3 N–H and O–H groups in total. The number of carbonyl (C=O) groups is 2. The van der Waals surface area contributed by atoms with Gasteiger partial charge in [-0.25, -0.2) is 0 Å². The van der Waals surface area contributed by atoms with Crippen molar-refractivity contribution in [3.63, 3.8) is 0 Å². The summed E-state index contributed by atoms with van der Waals surface area (Å²) < 4.78 is 0. The van der Waals surface area contributed by atoms with Crippen LogP contribution in [0.4, 0.5) is 5.69 Å². The number of rotatable bonds is 2. The van der Waals surface area contributed by atoms with Crippen LogP contribution in [0, 0.1) is 0 Å². The summed E-state index contributed by atoms with van der Waals surface area (Å²) in [5, 5.41) is 8.88. The first-order valence-electron chi connectivity index (χ1n) is 6.45. The third-order valence-electron chi connectivity index (χ3n) is 3.41. The van der Waals surface area contributed by atoms with Crippen LogP contribution >= 0.6 is 24.2 Å². The van der Waals surface area contributed by atoms with Crippen LogP contribution < -0.4 is 5.73 Å². The number of hydrogen-bond acceptors (Lipinski definition) is 4. The lowest BCUT2D eigenvalue weighted by Crippen LogP contribution is -2.07. The van der Waals surface area contributed by atoms with Crippen molar-refractivity contribution < 1.29 is 14.7 Å². The van der Waals surface area contributed by atoms with Gasteiger partial charge in [0.15, 0.2) is 5.78 Å². The number of carboxylic acids is 1. The number of anilines is 1. The number of carboxylic acid groups (broad SMARTS) is 1. The Hall–Kier alpha value is -1.98. The van der Waals surface area contributed by atoms with Gasteiger partial charge in [-0.2, -0.15) is 0 Å². The van der Waals surface area contributed by atoms with E-state index in [0.29, 0.717) is 28.1 Å². The van der Waals surface area contributed by atoms with Gasteiger partial charge in [-0.3, -0.25) is 9.59 Å². The number of aliphatic carboxylic acids is 1. The van der Waals surface area contributed by atoms with E-state index in [0.717, 1.165) is 10.5 Å². The number of halogens is 1. The Kier molecular flexibility index (Phi) is 4.78. The molecule has 0 aliphatic carbocycles. The molecule has 0 bridgehead atoms. The van der Waals surface area contributed by atoms with E-state index in [4.69, 9.17) is 10.8 Å². The molecule has 114 valence electrons. The van der Waals surface area contributed by atoms with Crippen molar-refractivity contribution in [1.82, 2.24) is 0 Å². The monoisotopic (exact) mass is 335 g/mol. The molecule has 0 aromatic heterocycles. The highest BCUT2D eigenvalue weighted by Crippen LogP contribution is 2.35. The summed E-state index contributed by atoms with van der Waals surface area (Å²) >= 11 is 1.58. The van der Waals surface area contributed by atoms with Gasteiger partial charge >= 0.3 is 5.97 Å². The van der Waals surface area contributed by atoms with Gasteiger partial charge in [0.1, 0.15) is 0 Å². The predicted octanol–water partition coefficient (Wildman–Crippen LogP) is 3.15. The summed E-state index contributed by atoms with van der Waals surface area (Å²) in [4.78, 5) is 24.4. The largest absolute Gasteiger partial charge is 0.481 e. The van der Waals surface area contributed by atoms with Crippen molar-refractivity contribution in [2.24, 2.45) is 0 Å². The Labute approximate surface area is 138 Å². The first kappa shape index (κ1) is 16.4. The Morgan fingerprint density at radius 1 is 1.18 bits per heavy atom. The summed E-state index contributed by atoms with van der Waals surface area (Å²) in [6.45, 7) is 0. The second-order valence-electron chi connectivity index (χ2n) is 4.94. The minimum absolute atomic E-state index is 0. The highest BCUT2D eigenvalue weighted by molar-refractivity contribution is 7.98. The maximum atomic E-state index is 12.7. The van der Waals surface area contributed by atoms with Gasteiger partial charge in [0.25, 0.3) is 0 Å². The summed E-state index contributed by atoms with van der Waals surface area (Å²) in [6, 6.07) is 10.6. The van der Waals surface area contributed by atoms with Gasteiger partial charge in [0.05, 0.1) is 6.42 Å². The van der Waals surface area contributed by atoms with Crippen LogP contribution in [-0.4, -0.2) is 16.9 Å². The zero-order valence-corrected chi connectivity index (χ0v) is 13.2. The molecule has 0 saturated heterocycles. The standard InChI is InChI=1S/C16H13NO3S.ClH/c17-11-3-2-10-8-21-14-4-1-9(6-15(18)19)5-13(14)16(20)12(10)7-11;/h1-5,7H,6,8,17H2,(H,18,19);1H. The molecule has 0 saturated carbocycles. The number of hydrogen-bond donors (Lipinski definition) is 2. The lowest BCUT2D eigenvalue weighted by atomic mass is 9.97. The number of ketones is 1. The van der Waals surface area contributed by atoms with Crippen molar-refractivity contribution in [2.45, 2.75) is 17.1 Å². The van der Waals surface area contributed by atoms with E-state index in [1.807, 2.05) is 12.1 Å². The number of nitrogens with two attached hydrogens (primary N) is 1. The Balaban J connectivity index is 0.00000176. The third kappa shape index (κ3) is 3.10. The van der Waals surface area contributed by atoms with E-state index in [1.165, 1.54) is 0 Å². The average Bonchev–Trinajstić information content (AvgIpc) is 2.57. The van der Waals surface area contributed by atoms with E-state index >= 15 is 0 Å². The molecule has 0 atom stereocenters. The van der Waals surface area contributed by atoms with Gasteiger partial charge in [0, 0.05) is 27.5 Å². The number of nitrogen functional groups attached to an aromatic ring is 1. The van der Waals surface area contributed by atoms with Crippen molar-refractivity contribution in [1.29, 1.82) is 0 Å². The van der Waals surface area contributed by atoms with Gasteiger partial charge in [0.2, 0.25) is 0 Å². The van der Waals surface area contributed by atoms with Crippen LogP contribution in [-0.2, 0) is 17.0 Å². The fourth-order valence-electron chi connectivity index (χ4n) is 2.40. The molecule has 0 fully saturated rings. The van der Waals surface area contributed by atoms with Crippen LogP contribution in [0.5, 0.6) is 0 Å². The summed E-state index contributed by atoms with van der Waals surface area (Å²) in [7, 11) is 0. The first-order valence-corrected chi connectivity index (χ1v) is 7.44. The molecule has 1 heterocycles. The SMILES string of the molecule is Cl.Nc1ccc2c(c1)C(=O)c1cc(CC(=O)O)ccc1SC2. The van der Waals surface area contributed by atoms with E-state index in [-0.39, 0.29) is 24.6 Å². The van der Waals surface area contributed by atoms with Crippen LogP contribution in [0.3, 0.4) is 0 Å². The molecule has 4 nitrogen and oxygen atoms in total. The first-order chi connectivity index (χ1) is 10.0. The van der Waals surface area contributed by atoms with Crippen molar-refractivity contribution in [2.75, 3.05) is 5.73 Å². The molecule has 0 amide bonds. The molecule has 2 aromatic rings. The Morgan fingerprint density at radius 2 is 1.95 bits per heavy atom. The second-order valence-corrected chi connectivity index (χ2v) is 5.95. The molecule has 3 rings (SSSR count). The number of fused-ring (bicyclic) bond motifs is 2.